The van der Waals surface area contributed by atoms with E-state index in [9.17, 15) is 18.0 Å². The molecule has 0 aliphatic carbocycles. The summed E-state index contributed by atoms with van der Waals surface area (Å²) < 4.78 is 22.8. The smallest absolute Gasteiger partial charge is 0.319 e. The molecule has 3 amide bonds. The zero-order valence-corrected chi connectivity index (χ0v) is 14.0. The van der Waals surface area contributed by atoms with Crippen LogP contribution in [0.5, 0.6) is 0 Å². The highest BCUT2D eigenvalue weighted by atomic mass is 32.2. The van der Waals surface area contributed by atoms with E-state index in [2.05, 4.69) is 10.6 Å². The van der Waals surface area contributed by atoms with Crippen LogP contribution in [-0.4, -0.2) is 55.9 Å². The molecule has 0 spiro atoms. The summed E-state index contributed by atoms with van der Waals surface area (Å²) in [4.78, 5) is 25.6. The van der Waals surface area contributed by atoms with Crippen molar-refractivity contribution in [2.75, 3.05) is 29.9 Å². The van der Waals surface area contributed by atoms with Gasteiger partial charge in [0.1, 0.15) is 6.04 Å². The number of hydrogen-bond acceptors (Lipinski definition) is 4. The molecule has 23 heavy (non-hydrogen) atoms. The molecule has 0 unspecified atom stereocenters. The zero-order chi connectivity index (χ0) is 17.0. The molecule has 1 aromatic rings. The first-order valence-electron chi connectivity index (χ1n) is 7.40. The number of aryl methyl sites for hydroxylation is 1. The maximum atomic E-state index is 12.2. The molecule has 1 aliphatic heterocycles. The Kier molecular flexibility index (Phi) is 5.25. The molecule has 8 heteroatoms. The summed E-state index contributed by atoms with van der Waals surface area (Å²) in [5.74, 6) is -0.332. The van der Waals surface area contributed by atoms with Crippen molar-refractivity contribution in [3.8, 4) is 0 Å². The van der Waals surface area contributed by atoms with Crippen molar-refractivity contribution in [3.63, 3.8) is 0 Å². The lowest BCUT2D eigenvalue weighted by atomic mass is 10.2. The zero-order valence-electron chi connectivity index (χ0n) is 13.2. The van der Waals surface area contributed by atoms with Crippen molar-refractivity contribution >= 4 is 27.5 Å². The minimum atomic E-state index is -3.04. The lowest BCUT2D eigenvalue weighted by molar-refractivity contribution is -0.132. The Labute approximate surface area is 136 Å². The van der Waals surface area contributed by atoms with Gasteiger partial charge in [-0.25, -0.2) is 13.2 Å². The number of rotatable bonds is 3. The SMILES string of the molecule is Cc1ccc(NC(=O)N[C@@H](C)C(=O)N2CCS(=O)(=O)CC2)cc1. The van der Waals surface area contributed by atoms with Crippen LogP contribution in [0.4, 0.5) is 10.5 Å². The van der Waals surface area contributed by atoms with Gasteiger partial charge in [-0.2, -0.15) is 0 Å². The highest BCUT2D eigenvalue weighted by Crippen LogP contribution is 2.09. The second kappa shape index (κ2) is 6.99. The molecule has 0 saturated carbocycles. The predicted octanol–water partition coefficient (Wildman–Crippen LogP) is 0.762. The van der Waals surface area contributed by atoms with Gasteiger partial charge in [-0.05, 0) is 26.0 Å². The van der Waals surface area contributed by atoms with Crippen LogP contribution in [0.25, 0.3) is 0 Å². The summed E-state index contributed by atoms with van der Waals surface area (Å²) in [6.07, 6.45) is 0. The Morgan fingerprint density at radius 3 is 2.26 bits per heavy atom. The van der Waals surface area contributed by atoms with Gasteiger partial charge in [0.25, 0.3) is 0 Å². The molecule has 1 saturated heterocycles. The first-order chi connectivity index (χ1) is 10.8. The fraction of sp³-hybridized carbons (Fsp3) is 0.467. The fourth-order valence-corrected chi connectivity index (χ4v) is 3.47. The normalized spacial score (nSPS) is 18.1. The number of benzene rings is 1. The Bertz CT molecular complexity index is 671. The molecular weight excluding hydrogens is 318 g/mol. The summed E-state index contributed by atoms with van der Waals surface area (Å²) in [5.41, 5.74) is 1.72. The summed E-state index contributed by atoms with van der Waals surface area (Å²) in [6, 6.07) is 6.10. The fourth-order valence-electron chi connectivity index (χ4n) is 2.27. The maximum Gasteiger partial charge on any atom is 0.319 e. The van der Waals surface area contributed by atoms with E-state index in [1.54, 1.807) is 19.1 Å². The molecule has 1 fully saturated rings. The van der Waals surface area contributed by atoms with Gasteiger partial charge in [-0.15, -0.1) is 0 Å². The van der Waals surface area contributed by atoms with E-state index < -0.39 is 21.9 Å². The molecule has 2 N–H and O–H groups in total. The number of hydrogen-bond donors (Lipinski definition) is 2. The van der Waals surface area contributed by atoms with Crippen LogP contribution in [0.2, 0.25) is 0 Å². The number of amides is 3. The van der Waals surface area contributed by atoms with Gasteiger partial charge in [0, 0.05) is 18.8 Å². The number of anilines is 1. The summed E-state index contributed by atoms with van der Waals surface area (Å²) >= 11 is 0. The van der Waals surface area contributed by atoms with Crippen molar-refractivity contribution < 1.29 is 18.0 Å². The minimum Gasteiger partial charge on any atom is -0.339 e. The molecule has 1 aromatic carbocycles. The van der Waals surface area contributed by atoms with Crippen LogP contribution in [0.15, 0.2) is 24.3 Å². The number of carbonyl (C=O) groups is 2. The monoisotopic (exact) mass is 339 g/mol. The number of sulfone groups is 1. The molecule has 1 aliphatic rings. The average molecular weight is 339 g/mol. The van der Waals surface area contributed by atoms with E-state index in [1.165, 1.54) is 4.90 Å². The van der Waals surface area contributed by atoms with E-state index in [1.807, 2.05) is 19.1 Å². The van der Waals surface area contributed by atoms with Gasteiger partial charge in [-0.1, -0.05) is 17.7 Å². The molecular formula is C15H21N3O4S. The van der Waals surface area contributed by atoms with Gasteiger partial charge < -0.3 is 15.5 Å². The molecule has 1 heterocycles. The van der Waals surface area contributed by atoms with E-state index in [4.69, 9.17) is 0 Å². The third-order valence-corrected chi connectivity index (χ3v) is 5.29. The topological polar surface area (TPSA) is 95.6 Å². The summed E-state index contributed by atoms with van der Waals surface area (Å²) in [7, 11) is -3.04. The van der Waals surface area contributed by atoms with E-state index in [-0.39, 0.29) is 30.5 Å². The van der Waals surface area contributed by atoms with Crippen molar-refractivity contribution in [2.45, 2.75) is 19.9 Å². The van der Waals surface area contributed by atoms with Gasteiger partial charge >= 0.3 is 6.03 Å². The van der Waals surface area contributed by atoms with Crippen LogP contribution in [-0.2, 0) is 14.6 Å². The third kappa shape index (κ3) is 4.95. The molecule has 0 bridgehead atoms. The van der Waals surface area contributed by atoms with E-state index in [0.29, 0.717) is 5.69 Å². The maximum absolute atomic E-state index is 12.2. The molecule has 0 radical (unpaired) electrons. The molecule has 1 atom stereocenters. The Hall–Kier alpha value is -2.09. The molecule has 7 nitrogen and oxygen atoms in total. The standard InChI is InChI=1S/C15H21N3O4S/c1-11-3-5-13(6-4-11)17-15(20)16-12(2)14(19)18-7-9-23(21,22)10-8-18/h3-6,12H,7-10H2,1-2H3,(H2,16,17,20)/t12-/m0/s1. The van der Waals surface area contributed by atoms with E-state index >= 15 is 0 Å². The van der Waals surface area contributed by atoms with Crippen LogP contribution >= 0.6 is 0 Å². The summed E-state index contributed by atoms with van der Waals surface area (Å²) in [5, 5.41) is 5.22. The first kappa shape index (κ1) is 17.3. The van der Waals surface area contributed by atoms with Gasteiger partial charge in [0.15, 0.2) is 9.84 Å². The number of nitrogens with one attached hydrogen (secondary N) is 2. The Morgan fingerprint density at radius 2 is 1.70 bits per heavy atom. The van der Waals surface area contributed by atoms with Crippen molar-refractivity contribution in [1.29, 1.82) is 0 Å². The first-order valence-corrected chi connectivity index (χ1v) is 9.22. The predicted molar refractivity (Wildman–Crippen MR) is 88.0 cm³/mol. The average Bonchev–Trinajstić information content (AvgIpc) is 2.49. The Balaban J connectivity index is 1.85. The summed E-state index contributed by atoms with van der Waals surface area (Å²) in [6.45, 7) is 3.88. The molecule has 126 valence electrons. The van der Waals surface area contributed by atoms with Gasteiger partial charge in [0.2, 0.25) is 5.91 Å². The van der Waals surface area contributed by atoms with Crippen LogP contribution in [0.3, 0.4) is 0 Å². The molecule has 2 rings (SSSR count). The quantitative estimate of drug-likeness (QED) is 0.850. The lowest BCUT2D eigenvalue weighted by Crippen LogP contribution is -2.52. The highest BCUT2D eigenvalue weighted by Gasteiger charge is 2.28. The highest BCUT2D eigenvalue weighted by molar-refractivity contribution is 7.91. The third-order valence-electron chi connectivity index (χ3n) is 3.68. The molecule has 0 aromatic heterocycles. The van der Waals surface area contributed by atoms with Crippen LogP contribution < -0.4 is 10.6 Å². The van der Waals surface area contributed by atoms with Gasteiger partial charge in [0.05, 0.1) is 11.5 Å². The van der Waals surface area contributed by atoms with E-state index in [0.717, 1.165) is 5.56 Å². The number of urea groups is 1. The second-order valence-electron chi connectivity index (χ2n) is 5.66. The Morgan fingerprint density at radius 1 is 1.13 bits per heavy atom. The number of nitrogens with zero attached hydrogens (tertiary/aromatic N) is 1. The van der Waals surface area contributed by atoms with Crippen molar-refractivity contribution in [1.82, 2.24) is 10.2 Å². The lowest BCUT2D eigenvalue weighted by Gasteiger charge is -2.29. The minimum absolute atomic E-state index is 0.0268. The largest absolute Gasteiger partial charge is 0.339 e. The second-order valence-corrected chi connectivity index (χ2v) is 7.97. The number of carbonyl (C=O) groups excluding carboxylic acids is 2. The van der Waals surface area contributed by atoms with Crippen molar-refractivity contribution in [2.24, 2.45) is 0 Å². The van der Waals surface area contributed by atoms with Crippen LogP contribution in [0, 0.1) is 6.92 Å². The van der Waals surface area contributed by atoms with Gasteiger partial charge in [-0.3, -0.25) is 4.79 Å². The van der Waals surface area contributed by atoms with Crippen LogP contribution in [0.1, 0.15) is 12.5 Å². The van der Waals surface area contributed by atoms with Crippen molar-refractivity contribution in [3.05, 3.63) is 29.8 Å².